The van der Waals surface area contributed by atoms with Gasteiger partial charge in [0.05, 0.1) is 18.8 Å². The highest BCUT2D eigenvalue weighted by atomic mass is 16.5. The van der Waals surface area contributed by atoms with Crippen LogP contribution in [-0.2, 0) is 6.54 Å². The SMILES string of the molecule is CC(C)Oc1ccnc(NCc2ccno2)n1. The molecule has 0 saturated carbocycles. The highest BCUT2D eigenvalue weighted by Gasteiger charge is 2.03. The molecule has 0 saturated heterocycles. The van der Waals surface area contributed by atoms with E-state index in [2.05, 4.69) is 20.4 Å². The molecule has 0 aliphatic rings. The monoisotopic (exact) mass is 234 g/mol. The molecule has 0 aliphatic heterocycles. The number of aromatic nitrogens is 3. The van der Waals surface area contributed by atoms with Gasteiger partial charge in [0.2, 0.25) is 11.8 Å². The van der Waals surface area contributed by atoms with Gasteiger partial charge in [0.1, 0.15) is 0 Å². The topological polar surface area (TPSA) is 73.1 Å². The van der Waals surface area contributed by atoms with Crippen molar-refractivity contribution in [1.29, 1.82) is 0 Å². The molecule has 90 valence electrons. The van der Waals surface area contributed by atoms with E-state index < -0.39 is 0 Å². The summed E-state index contributed by atoms with van der Waals surface area (Å²) in [6.07, 6.45) is 3.33. The summed E-state index contributed by atoms with van der Waals surface area (Å²) in [7, 11) is 0. The second kappa shape index (κ2) is 5.29. The molecule has 0 aliphatic carbocycles. The van der Waals surface area contributed by atoms with Crippen LogP contribution in [0.5, 0.6) is 5.88 Å². The third-order valence-corrected chi connectivity index (χ3v) is 1.90. The van der Waals surface area contributed by atoms with E-state index in [0.717, 1.165) is 5.76 Å². The lowest BCUT2D eigenvalue weighted by Crippen LogP contribution is -2.09. The molecule has 2 aromatic rings. The van der Waals surface area contributed by atoms with Crippen molar-refractivity contribution < 1.29 is 9.26 Å². The molecule has 6 heteroatoms. The summed E-state index contributed by atoms with van der Waals surface area (Å²) in [4.78, 5) is 8.29. The second-order valence-corrected chi connectivity index (χ2v) is 3.72. The number of rotatable bonds is 5. The van der Waals surface area contributed by atoms with E-state index in [-0.39, 0.29) is 6.10 Å². The molecule has 0 bridgehead atoms. The maximum absolute atomic E-state index is 5.46. The minimum Gasteiger partial charge on any atom is -0.475 e. The van der Waals surface area contributed by atoms with Gasteiger partial charge in [-0.1, -0.05) is 5.16 Å². The fraction of sp³-hybridized carbons (Fsp3) is 0.364. The summed E-state index contributed by atoms with van der Waals surface area (Å²) in [5.74, 6) is 1.78. The molecule has 0 fully saturated rings. The lowest BCUT2D eigenvalue weighted by atomic mass is 10.4. The molecule has 0 spiro atoms. The van der Waals surface area contributed by atoms with Gasteiger partial charge in [-0.05, 0) is 13.8 Å². The largest absolute Gasteiger partial charge is 0.475 e. The van der Waals surface area contributed by atoms with E-state index in [1.165, 1.54) is 0 Å². The van der Waals surface area contributed by atoms with Crippen LogP contribution in [0.3, 0.4) is 0 Å². The maximum atomic E-state index is 5.46. The molecular formula is C11H14N4O2. The van der Waals surface area contributed by atoms with Crippen molar-refractivity contribution in [3.05, 3.63) is 30.3 Å². The zero-order valence-electron chi connectivity index (χ0n) is 9.75. The van der Waals surface area contributed by atoms with Crippen LogP contribution in [-0.4, -0.2) is 21.2 Å². The van der Waals surface area contributed by atoms with Gasteiger partial charge in [0, 0.05) is 18.3 Å². The van der Waals surface area contributed by atoms with Crippen molar-refractivity contribution in [2.45, 2.75) is 26.5 Å². The first-order valence-electron chi connectivity index (χ1n) is 5.37. The summed E-state index contributed by atoms with van der Waals surface area (Å²) >= 11 is 0. The van der Waals surface area contributed by atoms with Gasteiger partial charge in [0.15, 0.2) is 5.76 Å². The highest BCUT2D eigenvalue weighted by Crippen LogP contribution is 2.11. The average molecular weight is 234 g/mol. The summed E-state index contributed by atoms with van der Waals surface area (Å²) in [6.45, 7) is 4.39. The Kier molecular flexibility index (Phi) is 3.54. The Hall–Kier alpha value is -2.11. The van der Waals surface area contributed by atoms with Crippen LogP contribution in [0.2, 0.25) is 0 Å². The lowest BCUT2D eigenvalue weighted by Gasteiger charge is -2.09. The van der Waals surface area contributed by atoms with E-state index in [9.17, 15) is 0 Å². The molecule has 2 aromatic heterocycles. The van der Waals surface area contributed by atoms with Crippen molar-refractivity contribution in [3.63, 3.8) is 0 Å². The maximum Gasteiger partial charge on any atom is 0.226 e. The van der Waals surface area contributed by atoms with Gasteiger partial charge in [-0.3, -0.25) is 0 Å². The Bertz CT molecular complexity index is 456. The van der Waals surface area contributed by atoms with Crippen molar-refractivity contribution >= 4 is 5.95 Å². The number of nitrogens with one attached hydrogen (secondary N) is 1. The fourth-order valence-electron chi connectivity index (χ4n) is 1.23. The minimum absolute atomic E-state index is 0.0898. The first-order valence-corrected chi connectivity index (χ1v) is 5.37. The standard InChI is InChI=1S/C11H14N4O2/c1-8(2)16-10-4-5-12-11(15-10)13-7-9-3-6-14-17-9/h3-6,8H,7H2,1-2H3,(H,12,13,15). The molecule has 6 nitrogen and oxygen atoms in total. The van der Waals surface area contributed by atoms with Crippen LogP contribution >= 0.6 is 0 Å². The van der Waals surface area contributed by atoms with Crippen LogP contribution in [0.25, 0.3) is 0 Å². The summed E-state index contributed by atoms with van der Waals surface area (Å²) < 4.78 is 10.4. The zero-order valence-corrected chi connectivity index (χ0v) is 9.75. The molecule has 0 unspecified atom stereocenters. The van der Waals surface area contributed by atoms with Gasteiger partial charge in [-0.15, -0.1) is 0 Å². The Morgan fingerprint density at radius 1 is 1.35 bits per heavy atom. The van der Waals surface area contributed by atoms with Gasteiger partial charge in [-0.25, -0.2) is 4.98 Å². The normalized spacial score (nSPS) is 10.5. The third-order valence-electron chi connectivity index (χ3n) is 1.90. The predicted octanol–water partition coefficient (Wildman–Crippen LogP) is 1.86. The zero-order chi connectivity index (χ0) is 12.1. The molecule has 2 rings (SSSR count). The predicted molar refractivity (Wildman–Crippen MR) is 61.6 cm³/mol. The van der Waals surface area contributed by atoms with Gasteiger partial charge < -0.3 is 14.6 Å². The first kappa shape index (κ1) is 11.4. The Labute approximate surface area is 99.0 Å². The van der Waals surface area contributed by atoms with Gasteiger partial charge in [0.25, 0.3) is 0 Å². The lowest BCUT2D eigenvalue weighted by molar-refractivity contribution is 0.232. The van der Waals surface area contributed by atoms with Crippen LogP contribution in [0.15, 0.2) is 29.0 Å². The van der Waals surface area contributed by atoms with Gasteiger partial charge in [-0.2, -0.15) is 4.98 Å². The molecule has 0 aromatic carbocycles. The Morgan fingerprint density at radius 3 is 2.94 bits per heavy atom. The average Bonchev–Trinajstić information content (AvgIpc) is 2.79. The molecular weight excluding hydrogens is 220 g/mol. The molecule has 0 radical (unpaired) electrons. The second-order valence-electron chi connectivity index (χ2n) is 3.72. The number of ether oxygens (including phenoxy) is 1. The van der Waals surface area contributed by atoms with Crippen molar-refractivity contribution in [2.75, 3.05) is 5.32 Å². The highest BCUT2D eigenvalue weighted by molar-refractivity contribution is 5.27. The van der Waals surface area contributed by atoms with E-state index in [4.69, 9.17) is 9.26 Å². The molecule has 17 heavy (non-hydrogen) atoms. The van der Waals surface area contributed by atoms with E-state index in [1.54, 1.807) is 24.5 Å². The quantitative estimate of drug-likeness (QED) is 0.851. The van der Waals surface area contributed by atoms with Crippen molar-refractivity contribution in [2.24, 2.45) is 0 Å². The number of anilines is 1. The Morgan fingerprint density at radius 2 is 2.24 bits per heavy atom. The Balaban J connectivity index is 1.96. The number of nitrogens with zero attached hydrogens (tertiary/aromatic N) is 3. The third kappa shape index (κ3) is 3.44. The summed E-state index contributed by atoms with van der Waals surface area (Å²) in [5, 5.41) is 6.64. The number of hydrogen-bond donors (Lipinski definition) is 1. The fourth-order valence-corrected chi connectivity index (χ4v) is 1.23. The van der Waals surface area contributed by atoms with E-state index >= 15 is 0 Å². The summed E-state index contributed by atoms with van der Waals surface area (Å²) in [6, 6.07) is 3.50. The molecule has 2 heterocycles. The first-order chi connectivity index (χ1) is 8.24. The van der Waals surface area contributed by atoms with E-state index in [1.807, 2.05) is 13.8 Å². The van der Waals surface area contributed by atoms with Crippen molar-refractivity contribution in [3.8, 4) is 5.88 Å². The molecule has 0 atom stereocenters. The summed E-state index contributed by atoms with van der Waals surface area (Å²) in [5.41, 5.74) is 0. The minimum atomic E-state index is 0.0898. The van der Waals surface area contributed by atoms with Crippen LogP contribution in [0.4, 0.5) is 5.95 Å². The van der Waals surface area contributed by atoms with Crippen LogP contribution in [0.1, 0.15) is 19.6 Å². The molecule has 0 amide bonds. The van der Waals surface area contributed by atoms with Crippen LogP contribution in [0, 0.1) is 0 Å². The van der Waals surface area contributed by atoms with E-state index in [0.29, 0.717) is 18.4 Å². The molecule has 1 N–H and O–H groups in total. The van der Waals surface area contributed by atoms with Gasteiger partial charge >= 0.3 is 0 Å². The number of hydrogen-bond acceptors (Lipinski definition) is 6. The smallest absolute Gasteiger partial charge is 0.226 e. The van der Waals surface area contributed by atoms with Crippen molar-refractivity contribution in [1.82, 2.24) is 15.1 Å². The van der Waals surface area contributed by atoms with Crippen LogP contribution < -0.4 is 10.1 Å².